The van der Waals surface area contributed by atoms with Crippen LogP contribution in [0, 0.1) is 5.92 Å². The molecule has 0 aliphatic heterocycles. The molecule has 1 saturated carbocycles. The Morgan fingerprint density at radius 1 is 1.39 bits per heavy atom. The standard InChI is InChI=1S/C15H26N2O/c1-3-13-8-9-15(18-13)14(10-16)17(2)11-12-6-4-5-7-12/h8-9,12,14H,3-7,10-11,16H2,1-2H3. The molecule has 1 unspecified atom stereocenters. The van der Waals surface area contributed by atoms with E-state index in [0.29, 0.717) is 6.54 Å². The van der Waals surface area contributed by atoms with Crippen molar-refractivity contribution in [3.8, 4) is 0 Å². The number of likely N-dealkylation sites (N-methyl/N-ethyl adjacent to an activating group) is 1. The first-order chi connectivity index (χ1) is 8.74. The molecular formula is C15H26N2O. The zero-order chi connectivity index (χ0) is 13.0. The average Bonchev–Trinajstić information content (AvgIpc) is 3.01. The molecule has 0 spiro atoms. The molecule has 1 fully saturated rings. The van der Waals surface area contributed by atoms with Crippen LogP contribution in [0.2, 0.25) is 0 Å². The second-order valence-electron chi connectivity index (χ2n) is 5.50. The van der Waals surface area contributed by atoms with E-state index in [1.54, 1.807) is 0 Å². The van der Waals surface area contributed by atoms with Gasteiger partial charge in [-0.2, -0.15) is 0 Å². The maximum absolute atomic E-state index is 5.93. The number of rotatable bonds is 6. The average molecular weight is 250 g/mol. The summed E-state index contributed by atoms with van der Waals surface area (Å²) >= 11 is 0. The Kier molecular flexibility index (Phi) is 4.84. The highest BCUT2D eigenvalue weighted by Gasteiger charge is 2.23. The first-order valence-corrected chi connectivity index (χ1v) is 7.23. The number of furan rings is 1. The molecule has 1 aliphatic rings. The molecule has 1 aliphatic carbocycles. The second-order valence-corrected chi connectivity index (χ2v) is 5.50. The van der Waals surface area contributed by atoms with Gasteiger partial charge in [-0.05, 0) is 37.9 Å². The maximum Gasteiger partial charge on any atom is 0.122 e. The Bertz CT molecular complexity index is 355. The topological polar surface area (TPSA) is 42.4 Å². The molecule has 2 rings (SSSR count). The minimum atomic E-state index is 0.228. The van der Waals surface area contributed by atoms with E-state index < -0.39 is 0 Å². The smallest absolute Gasteiger partial charge is 0.122 e. The van der Waals surface area contributed by atoms with Crippen molar-refractivity contribution in [2.24, 2.45) is 11.7 Å². The first kappa shape index (κ1) is 13.6. The van der Waals surface area contributed by atoms with Crippen molar-refractivity contribution in [1.29, 1.82) is 0 Å². The van der Waals surface area contributed by atoms with Crippen LogP contribution in [-0.4, -0.2) is 25.0 Å². The Hall–Kier alpha value is -0.800. The second kappa shape index (κ2) is 6.39. The maximum atomic E-state index is 5.93. The molecule has 1 aromatic heterocycles. The molecule has 2 N–H and O–H groups in total. The fourth-order valence-corrected chi connectivity index (χ4v) is 3.00. The summed E-state index contributed by atoms with van der Waals surface area (Å²) < 4.78 is 5.85. The van der Waals surface area contributed by atoms with Crippen LogP contribution in [0.15, 0.2) is 16.5 Å². The van der Waals surface area contributed by atoms with Crippen LogP contribution >= 0.6 is 0 Å². The van der Waals surface area contributed by atoms with Crippen LogP contribution in [0.5, 0.6) is 0 Å². The van der Waals surface area contributed by atoms with Crippen LogP contribution in [0.25, 0.3) is 0 Å². The lowest BCUT2D eigenvalue weighted by Gasteiger charge is -2.27. The molecule has 0 bridgehead atoms. The van der Waals surface area contributed by atoms with Crippen molar-refractivity contribution in [1.82, 2.24) is 4.90 Å². The quantitative estimate of drug-likeness (QED) is 0.844. The van der Waals surface area contributed by atoms with E-state index in [2.05, 4.69) is 31.0 Å². The van der Waals surface area contributed by atoms with Gasteiger partial charge in [-0.15, -0.1) is 0 Å². The molecule has 3 heteroatoms. The van der Waals surface area contributed by atoms with Gasteiger partial charge in [0.25, 0.3) is 0 Å². The van der Waals surface area contributed by atoms with Crippen molar-refractivity contribution in [2.45, 2.75) is 45.1 Å². The molecule has 102 valence electrons. The molecule has 1 aromatic rings. The largest absolute Gasteiger partial charge is 0.464 e. The SMILES string of the molecule is CCc1ccc(C(CN)N(C)CC2CCCC2)o1. The predicted octanol–water partition coefficient (Wildman–Crippen LogP) is 2.96. The van der Waals surface area contributed by atoms with Gasteiger partial charge in [-0.25, -0.2) is 0 Å². The van der Waals surface area contributed by atoms with Crippen molar-refractivity contribution in [2.75, 3.05) is 20.1 Å². The van der Waals surface area contributed by atoms with E-state index in [1.165, 1.54) is 25.7 Å². The van der Waals surface area contributed by atoms with Crippen LogP contribution in [0.3, 0.4) is 0 Å². The summed E-state index contributed by atoms with van der Waals surface area (Å²) in [4.78, 5) is 2.37. The number of hydrogen-bond donors (Lipinski definition) is 1. The van der Waals surface area contributed by atoms with Gasteiger partial charge < -0.3 is 10.2 Å². The number of aryl methyl sites for hydroxylation is 1. The minimum absolute atomic E-state index is 0.228. The highest BCUT2D eigenvalue weighted by Crippen LogP contribution is 2.28. The third-order valence-electron chi connectivity index (χ3n) is 4.14. The van der Waals surface area contributed by atoms with Gasteiger partial charge in [0.1, 0.15) is 11.5 Å². The van der Waals surface area contributed by atoms with E-state index in [1.807, 2.05) is 0 Å². The first-order valence-electron chi connectivity index (χ1n) is 7.23. The summed E-state index contributed by atoms with van der Waals surface area (Å²) in [7, 11) is 2.17. The summed E-state index contributed by atoms with van der Waals surface area (Å²) in [6.07, 6.45) is 6.49. The summed E-state index contributed by atoms with van der Waals surface area (Å²) in [6, 6.07) is 4.38. The fourth-order valence-electron chi connectivity index (χ4n) is 3.00. The van der Waals surface area contributed by atoms with Gasteiger partial charge in [-0.3, -0.25) is 4.90 Å². The molecule has 0 amide bonds. The number of nitrogens with two attached hydrogens (primary N) is 1. The summed E-state index contributed by atoms with van der Waals surface area (Å²) in [5, 5.41) is 0. The lowest BCUT2D eigenvalue weighted by Crippen LogP contribution is -2.33. The molecule has 0 saturated heterocycles. The number of nitrogens with zero attached hydrogens (tertiary/aromatic N) is 1. The normalized spacial score (nSPS) is 18.7. The van der Waals surface area contributed by atoms with Crippen LogP contribution in [-0.2, 0) is 6.42 Å². The zero-order valence-corrected chi connectivity index (χ0v) is 11.7. The molecule has 1 atom stereocenters. The highest BCUT2D eigenvalue weighted by molar-refractivity contribution is 5.11. The Labute approximate surface area is 110 Å². The van der Waals surface area contributed by atoms with Gasteiger partial charge in [0.2, 0.25) is 0 Å². The Morgan fingerprint density at radius 3 is 2.67 bits per heavy atom. The molecule has 0 aromatic carbocycles. The molecule has 18 heavy (non-hydrogen) atoms. The third-order valence-corrected chi connectivity index (χ3v) is 4.14. The van der Waals surface area contributed by atoms with Gasteiger partial charge in [-0.1, -0.05) is 19.8 Å². The summed E-state index contributed by atoms with van der Waals surface area (Å²) in [6.45, 7) is 3.88. The summed E-state index contributed by atoms with van der Waals surface area (Å²) in [5.41, 5.74) is 5.93. The lowest BCUT2D eigenvalue weighted by molar-refractivity contribution is 0.188. The van der Waals surface area contributed by atoms with E-state index in [9.17, 15) is 0 Å². The van der Waals surface area contributed by atoms with E-state index in [-0.39, 0.29) is 6.04 Å². The van der Waals surface area contributed by atoms with Crippen LogP contribution in [0.1, 0.15) is 50.2 Å². The van der Waals surface area contributed by atoms with Gasteiger partial charge in [0, 0.05) is 19.5 Å². The minimum Gasteiger partial charge on any atom is -0.464 e. The Morgan fingerprint density at radius 2 is 2.11 bits per heavy atom. The summed E-state index contributed by atoms with van der Waals surface area (Å²) in [5.74, 6) is 2.93. The highest BCUT2D eigenvalue weighted by atomic mass is 16.3. The Balaban J connectivity index is 1.97. The lowest BCUT2D eigenvalue weighted by atomic mass is 10.1. The number of hydrogen-bond acceptors (Lipinski definition) is 3. The molecule has 0 radical (unpaired) electrons. The van der Waals surface area contributed by atoms with Gasteiger partial charge in [0.05, 0.1) is 6.04 Å². The van der Waals surface area contributed by atoms with E-state index in [4.69, 9.17) is 10.2 Å². The fraction of sp³-hybridized carbons (Fsp3) is 0.733. The van der Waals surface area contributed by atoms with Crippen LogP contribution < -0.4 is 5.73 Å². The third kappa shape index (κ3) is 3.15. The van der Waals surface area contributed by atoms with Crippen molar-refractivity contribution in [3.05, 3.63) is 23.7 Å². The van der Waals surface area contributed by atoms with Crippen molar-refractivity contribution >= 4 is 0 Å². The van der Waals surface area contributed by atoms with Gasteiger partial charge in [0.15, 0.2) is 0 Å². The molecular weight excluding hydrogens is 224 g/mol. The monoisotopic (exact) mass is 250 g/mol. The molecule has 3 nitrogen and oxygen atoms in total. The van der Waals surface area contributed by atoms with Crippen LogP contribution in [0.4, 0.5) is 0 Å². The van der Waals surface area contributed by atoms with Gasteiger partial charge >= 0.3 is 0 Å². The zero-order valence-electron chi connectivity index (χ0n) is 11.7. The van der Waals surface area contributed by atoms with E-state index >= 15 is 0 Å². The van der Waals surface area contributed by atoms with E-state index in [0.717, 1.165) is 30.4 Å². The van der Waals surface area contributed by atoms with Crippen molar-refractivity contribution in [3.63, 3.8) is 0 Å². The van der Waals surface area contributed by atoms with Crippen molar-refractivity contribution < 1.29 is 4.42 Å². The molecule has 1 heterocycles. The predicted molar refractivity (Wildman–Crippen MR) is 74.5 cm³/mol.